The zero-order valence-corrected chi connectivity index (χ0v) is 13.9. The highest BCUT2D eigenvalue weighted by Crippen LogP contribution is 2.31. The highest BCUT2D eigenvalue weighted by atomic mass is 16.7. The molecule has 5 atom stereocenters. The first-order chi connectivity index (χ1) is 12.5. The maximum atomic E-state index is 12.1. The molecule has 0 spiro atoms. The minimum atomic E-state index is -1.52. The molecule has 1 aromatic heterocycles. The minimum absolute atomic E-state index is 0.267. The lowest BCUT2D eigenvalue weighted by atomic mass is 9.99. The largest absolute Gasteiger partial charge is 0.462 e. The second kappa shape index (κ2) is 6.64. The van der Waals surface area contributed by atoms with Gasteiger partial charge in [0, 0.05) is 17.0 Å². The van der Waals surface area contributed by atoms with Crippen LogP contribution in [-0.4, -0.2) is 57.7 Å². The normalized spacial score (nSPS) is 31.2. The van der Waals surface area contributed by atoms with E-state index in [1.807, 2.05) is 0 Å². The van der Waals surface area contributed by atoms with Crippen LogP contribution in [0, 0.1) is 0 Å². The van der Waals surface area contributed by atoms with Gasteiger partial charge in [-0.15, -0.1) is 0 Å². The van der Waals surface area contributed by atoms with Crippen molar-refractivity contribution in [1.82, 2.24) is 0 Å². The molecule has 0 amide bonds. The molecule has 1 aromatic carbocycles. The van der Waals surface area contributed by atoms with Crippen LogP contribution in [-0.2, 0) is 17.6 Å². The lowest BCUT2D eigenvalue weighted by Crippen LogP contribution is -2.60. The van der Waals surface area contributed by atoms with Gasteiger partial charge < -0.3 is 34.3 Å². The summed E-state index contributed by atoms with van der Waals surface area (Å²) in [6.07, 6.45) is -4.36. The van der Waals surface area contributed by atoms with Gasteiger partial charge in [0.15, 0.2) is 0 Å². The Bertz CT molecular complexity index is 873. The third kappa shape index (κ3) is 2.80. The summed E-state index contributed by atoms with van der Waals surface area (Å²) in [5.41, 5.74) is 1.74. The van der Waals surface area contributed by atoms with Gasteiger partial charge in [0.1, 0.15) is 35.7 Å². The van der Waals surface area contributed by atoms with Crippen LogP contribution in [0.2, 0.25) is 0 Å². The Kier molecular flexibility index (Phi) is 4.45. The van der Waals surface area contributed by atoms with Crippen molar-refractivity contribution in [3.63, 3.8) is 0 Å². The molecule has 8 nitrogen and oxygen atoms in total. The fourth-order valence-corrected chi connectivity index (χ4v) is 3.64. The van der Waals surface area contributed by atoms with Crippen molar-refractivity contribution in [1.29, 1.82) is 0 Å². The highest BCUT2D eigenvalue weighted by molar-refractivity contribution is 5.83. The second-order valence-corrected chi connectivity index (χ2v) is 6.67. The molecule has 1 aliphatic heterocycles. The summed E-state index contributed by atoms with van der Waals surface area (Å²) >= 11 is 0. The minimum Gasteiger partial charge on any atom is -0.462 e. The molecule has 2 heterocycles. The van der Waals surface area contributed by atoms with Gasteiger partial charge in [-0.1, -0.05) is 0 Å². The summed E-state index contributed by atoms with van der Waals surface area (Å²) in [6.45, 7) is -0.538. The smallest absolute Gasteiger partial charge is 0.339 e. The first-order valence-corrected chi connectivity index (χ1v) is 8.55. The van der Waals surface area contributed by atoms with Crippen molar-refractivity contribution in [2.45, 2.75) is 50.0 Å². The molecule has 1 aliphatic carbocycles. The zero-order valence-electron chi connectivity index (χ0n) is 13.9. The van der Waals surface area contributed by atoms with Gasteiger partial charge in [0.2, 0.25) is 6.29 Å². The van der Waals surface area contributed by atoms with Crippen LogP contribution in [0.1, 0.15) is 17.5 Å². The molecule has 0 unspecified atom stereocenters. The predicted molar refractivity (Wildman–Crippen MR) is 88.9 cm³/mol. The van der Waals surface area contributed by atoms with E-state index in [1.165, 1.54) is 6.07 Å². The van der Waals surface area contributed by atoms with Crippen LogP contribution >= 0.6 is 0 Å². The lowest BCUT2D eigenvalue weighted by Gasteiger charge is -2.39. The van der Waals surface area contributed by atoms with Crippen molar-refractivity contribution in [3.05, 3.63) is 39.7 Å². The summed E-state index contributed by atoms with van der Waals surface area (Å²) in [6, 6.07) is 4.96. The van der Waals surface area contributed by atoms with Crippen LogP contribution < -0.4 is 10.4 Å². The molecular weight excluding hydrogens is 344 g/mol. The van der Waals surface area contributed by atoms with E-state index in [4.69, 9.17) is 13.9 Å². The maximum absolute atomic E-state index is 12.1. The van der Waals surface area contributed by atoms with E-state index in [9.17, 15) is 25.2 Å². The Hall–Kier alpha value is -1.97. The van der Waals surface area contributed by atoms with E-state index in [2.05, 4.69) is 0 Å². The summed E-state index contributed by atoms with van der Waals surface area (Å²) in [5.74, 6) is 0.267. The molecule has 140 valence electrons. The predicted octanol–water partition coefficient (Wildman–Crippen LogP) is -0.540. The van der Waals surface area contributed by atoms with Crippen molar-refractivity contribution in [2.75, 3.05) is 6.61 Å². The average Bonchev–Trinajstić information content (AvgIpc) is 3.13. The molecule has 0 saturated carbocycles. The summed E-state index contributed by atoms with van der Waals surface area (Å²) in [5, 5.41) is 39.8. The Labute approximate surface area is 148 Å². The monoisotopic (exact) mass is 364 g/mol. The molecule has 8 heteroatoms. The number of hydrogen-bond acceptors (Lipinski definition) is 8. The number of benzene rings is 1. The van der Waals surface area contributed by atoms with Crippen LogP contribution in [0.5, 0.6) is 5.75 Å². The first kappa shape index (κ1) is 17.4. The third-order valence-electron chi connectivity index (χ3n) is 5.05. The van der Waals surface area contributed by atoms with Crippen molar-refractivity contribution < 1.29 is 34.3 Å². The maximum Gasteiger partial charge on any atom is 0.339 e. The van der Waals surface area contributed by atoms with Crippen molar-refractivity contribution in [3.8, 4) is 5.75 Å². The van der Waals surface area contributed by atoms with Crippen LogP contribution in [0.3, 0.4) is 0 Å². The number of aliphatic hydroxyl groups excluding tert-OH is 4. The van der Waals surface area contributed by atoms with E-state index in [0.717, 1.165) is 35.8 Å². The molecule has 26 heavy (non-hydrogen) atoms. The molecule has 1 saturated heterocycles. The van der Waals surface area contributed by atoms with Gasteiger partial charge >= 0.3 is 5.63 Å². The van der Waals surface area contributed by atoms with Gasteiger partial charge in [-0.25, -0.2) is 4.79 Å². The van der Waals surface area contributed by atoms with Crippen molar-refractivity contribution >= 4 is 11.0 Å². The molecular formula is C18H20O8. The summed E-state index contributed by atoms with van der Waals surface area (Å²) < 4.78 is 16.3. The summed E-state index contributed by atoms with van der Waals surface area (Å²) in [7, 11) is 0. The van der Waals surface area contributed by atoms with E-state index in [-0.39, 0.29) is 11.4 Å². The molecule has 2 aliphatic rings. The molecule has 2 aromatic rings. The van der Waals surface area contributed by atoms with Crippen LogP contribution in [0.15, 0.2) is 27.4 Å². The van der Waals surface area contributed by atoms with E-state index >= 15 is 0 Å². The molecule has 4 N–H and O–H groups in total. The topological polar surface area (TPSA) is 130 Å². The fraction of sp³-hybridized carbons (Fsp3) is 0.500. The first-order valence-electron chi connectivity index (χ1n) is 8.55. The fourth-order valence-electron chi connectivity index (χ4n) is 3.64. The lowest BCUT2D eigenvalue weighted by molar-refractivity contribution is -0.277. The van der Waals surface area contributed by atoms with Gasteiger partial charge in [-0.05, 0) is 37.0 Å². The van der Waals surface area contributed by atoms with Gasteiger partial charge in [0.05, 0.1) is 6.61 Å². The molecule has 0 bridgehead atoms. The summed E-state index contributed by atoms with van der Waals surface area (Å²) in [4.78, 5) is 12.1. The third-order valence-corrected chi connectivity index (χ3v) is 5.05. The Balaban J connectivity index is 1.63. The van der Waals surface area contributed by atoms with E-state index in [1.54, 1.807) is 12.1 Å². The number of rotatable bonds is 3. The Morgan fingerprint density at radius 3 is 2.62 bits per heavy atom. The molecule has 0 radical (unpaired) electrons. The van der Waals surface area contributed by atoms with Crippen LogP contribution in [0.4, 0.5) is 0 Å². The standard InChI is InChI=1S/C18H20O8/c19-7-13-14(20)15(21)16(22)18(26-13)24-8-4-5-10-9-2-1-3-11(9)17(23)25-12(10)6-8/h4-6,13-16,18-22H,1-3,7H2/t13-,14-,15+,16-,18-/m0/s1. The Morgan fingerprint density at radius 2 is 1.85 bits per heavy atom. The molecule has 4 rings (SSSR count). The number of ether oxygens (including phenoxy) is 2. The van der Waals surface area contributed by atoms with Gasteiger partial charge in [-0.3, -0.25) is 0 Å². The van der Waals surface area contributed by atoms with Gasteiger partial charge in [0.25, 0.3) is 0 Å². The zero-order chi connectivity index (χ0) is 18.4. The number of fused-ring (bicyclic) bond motifs is 3. The molecule has 1 fully saturated rings. The number of aryl methyl sites for hydroxylation is 1. The second-order valence-electron chi connectivity index (χ2n) is 6.67. The average molecular weight is 364 g/mol. The number of aliphatic hydroxyl groups is 4. The SMILES string of the molecule is O=c1oc2cc(O[C@H]3O[C@@H](CO)[C@H](O)[C@@H](O)[C@@H]3O)ccc2c2c1CCC2. The van der Waals surface area contributed by atoms with E-state index < -0.39 is 37.3 Å². The number of hydrogen-bond donors (Lipinski definition) is 4. The van der Waals surface area contributed by atoms with E-state index in [0.29, 0.717) is 5.58 Å². The van der Waals surface area contributed by atoms with Crippen LogP contribution in [0.25, 0.3) is 11.0 Å². The highest BCUT2D eigenvalue weighted by Gasteiger charge is 2.44. The van der Waals surface area contributed by atoms with Gasteiger partial charge in [-0.2, -0.15) is 0 Å². The Morgan fingerprint density at radius 1 is 1.08 bits per heavy atom. The van der Waals surface area contributed by atoms with Crippen molar-refractivity contribution in [2.24, 2.45) is 0 Å². The quantitative estimate of drug-likeness (QED) is 0.535.